The van der Waals surface area contributed by atoms with Crippen LogP contribution in [0.3, 0.4) is 0 Å². The Morgan fingerprint density at radius 2 is 1.70 bits per heavy atom. The highest BCUT2D eigenvalue weighted by Crippen LogP contribution is 2.60. The van der Waals surface area contributed by atoms with Crippen LogP contribution in [-0.2, 0) is 11.8 Å². The van der Waals surface area contributed by atoms with E-state index in [1.807, 2.05) is 0 Å². The summed E-state index contributed by atoms with van der Waals surface area (Å²) in [4.78, 5) is 9.34. The second-order valence-corrected chi connectivity index (χ2v) is 7.54. The van der Waals surface area contributed by atoms with Crippen LogP contribution in [-0.4, -0.2) is 9.97 Å². The van der Waals surface area contributed by atoms with Crippen LogP contribution >= 0.6 is 0 Å². The summed E-state index contributed by atoms with van der Waals surface area (Å²) in [6.07, 6.45) is 10.5. The summed E-state index contributed by atoms with van der Waals surface area (Å²) in [6, 6.07) is 2.08. The fourth-order valence-electron chi connectivity index (χ4n) is 5.55. The first kappa shape index (κ1) is 12.6. The maximum atomic E-state index is 6.06. The molecule has 3 nitrogen and oxygen atoms in total. The van der Waals surface area contributed by atoms with Crippen molar-refractivity contribution in [3.8, 4) is 0 Å². The van der Waals surface area contributed by atoms with E-state index in [0.717, 1.165) is 36.4 Å². The van der Waals surface area contributed by atoms with Gasteiger partial charge in [-0.05, 0) is 62.7 Å². The lowest BCUT2D eigenvalue weighted by molar-refractivity contribution is -0.00732. The van der Waals surface area contributed by atoms with Crippen LogP contribution in [0.2, 0.25) is 0 Å². The minimum absolute atomic E-state index is 0.342. The van der Waals surface area contributed by atoms with Crippen molar-refractivity contribution < 1.29 is 0 Å². The van der Waals surface area contributed by atoms with E-state index in [1.54, 1.807) is 0 Å². The Labute approximate surface area is 121 Å². The molecule has 20 heavy (non-hydrogen) atoms. The molecule has 0 aromatic carbocycles. The number of nitrogen functional groups attached to an aromatic ring is 1. The van der Waals surface area contributed by atoms with Crippen LogP contribution in [0.5, 0.6) is 0 Å². The zero-order valence-corrected chi connectivity index (χ0v) is 12.4. The average Bonchev–Trinajstić information content (AvgIpc) is 2.36. The molecule has 5 rings (SSSR count). The van der Waals surface area contributed by atoms with E-state index in [9.17, 15) is 0 Å². The Balaban J connectivity index is 1.73. The number of rotatable bonds is 3. The van der Waals surface area contributed by atoms with Gasteiger partial charge in [0.05, 0.1) is 5.69 Å². The highest BCUT2D eigenvalue weighted by Gasteiger charge is 2.52. The zero-order valence-electron chi connectivity index (χ0n) is 12.4. The van der Waals surface area contributed by atoms with Crippen molar-refractivity contribution in [3.05, 3.63) is 17.6 Å². The standard InChI is InChI=1S/C17H25N3/c1-2-3-16-19-14(7-15(18)20-16)17-8-11-4-12(9-17)6-13(5-11)10-17/h7,11-13H,2-6,8-10H2,1H3,(H2,18,19,20). The van der Waals surface area contributed by atoms with Gasteiger partial charge in [0.25, 0.3) is 0 Å². The first-order chi connectivity index (χ1) is 9.67. The molecule has 0 atom stereocenters. The van der Waals surface area contributed by atoms with Crippen molar-refractivity contribution in [1.82, 2.24) is 9.97 Å². The van der Waals surface area contributed by atoms with Gasteiger partial charge < -0.3 is 5.73 Å². The van der Waals surface area contributed by atoms with Crippen molar-refractivity contribution in [1.29, 1.82) is 0 Å². The van der Waals surface area contributed by atoms with E-state index in [1.165, 1.54) is 44.2 Å². The summed E-state index contributed by atoms with van der Waals surface area (Å²) in [5.74, 6) is 4.48. The molecule has 108 valence electrons. The lowest BCUT2D eigenvalue weighted by Crippen LogP contribution is -2.49. The highest BCUT2D eigenvalue weighted by molar-refractivity contribution is 5.35. The predicted molar refractivity (Wildman–Crippen MR) is 80.3 cm³/mol. The molecule has 4 bridgehead atoms. The number of nitrogens with zero attached hydrogens (tertiary/aromatic N) is 2. The SMILES string of the molecule is CCCc1nc(N)cc(C23CC4CC(CC(C4)C2)C3)n1. The van der Waals surface area contributed by atoms with Gasteiger partial charge in [-0.1, -0.05) is 6.92 Å². The molecular formula is C17H25N3. The molecule has 0 radical (unpaired) electrons. The van der Waals surface area contributed by atoms with Gasteiger partial charge in [-0.2, -0.15) is 0 Å². The molecule has 4 aliphatic rings. The summed E-state index contributed by atoms with van der Waals surface area (Å²) in [5.41, 5.74) is 7.67. The predicted octanol–water partition coefficient (Wildman–Crippen LogP) is 3.48. The van der Waals surface area contributed by atoms with E-state index >= 15 is 0 Å². The van der Waals surface area contributed by atoms with Gasteiger partial charge in [-0.25, -0.2) is 9.97 Å². The molecule has 0 spiro atoms. The number of anilines is 1. The van der Waals surface area contributed by atoms with Crippen molar-refractivity contribution in [3.63, 3.8) is 0 Å². The van der Waals surface area contributed by atoms with E-state index in [2.05, 4.69) is 18.0 Å². The topological polar surface area (TPSA) is 51.8 Å². The molecule has 1 aromatic rings. The molecule has 2 N–H and O–H groups in total. The molecule has 0 unspecified atom stereocenters. The van der Waals surface area contributed by atoms with Crippen LogP contribution in [0.25, 0.3) is 0 Å². The number of aromatic nitrogens is 2. The summed E-state index contributed by atoms with van der Waals surface area (Å²) in [6.45, 7) is 2.18. The lowest BCUT2D eigenvalue weighted by atomic mass is 9.49. The van der Waals surface area contributed by atoms with Crippen molar-refractivity contribution in [2.45, 2.75) is 63.7 Å². The largest absolute Gasteiger partial charge is 0.384 e. The first-order valence-electron chi connectivity index (χ1n) is 8.31. The van der Waals surface area contributed by atoms with E-state index in [0.29, 0.717) is 11.2 Å². The quantitative estimate of drug-likeness (QED) is 0.915. The third-order valence-corrected chi connectivity index (χ3v) is 5.85. The maximum absolute atomic E-state index is 6.06. The van der Waals surface area contributed by atoms with Gasteiger partial charge >= 0.3 is 0 Å². The molecule has 1 heterocycles. The Kier molecular flexibility index (Phi) is 2.80. The van der Waals surface area contributed by atoms with Crippen LogP contribution in [0.4, 0.5) is 5.82 Å². The maximum Gasteiger partial charge on any atom is 0.131 e. The van der Waals surface area contributed by atoms with E-state index in [-0.39, 0.29) is 0 Å². The molecule has 4 aliphatic carbocycles. The lowest BCUT2D eigenvalue weighted by Gasteiger charge is -2.56. The fourth-order valence-corrected chi connectivity index (χ4v) is 5.55. The smallest absolute Gasteiger partial charge is 0.131 e. The van der Waals surface area contributed by atoms with Crippen LogP contribution < -0.4 is 5.73 Å². The summed E-state index contributed by atoms with van der Waals surface area (Å²) >= 11 is 0. The Morgan fingerprint density at radius 1 is 1.10 bits per heavy atom. The van der Waals surface area contributed by atoms with Crippen LogP contribution in [0.1, 0.15) is 63.4 Å². The molecular weight excluding hydrogens is 246 g/mol. The van der Waals surface area contributed by atoms with Gasteiger partial charge in [-0.15, -0.1) is 0 Å². The van der Waals surface area contributed by atoms with Gasteiger partial charge in [0.1, 0.15) is 11.6 Å². The second-order valence-electron chi connectivity index (χ2n) is 7.54. The van der Waals surface area contributed by atoms with E-state index < -0.39 is 0 Å². The summed E-state index contributed by atoms with van der Waals surface area (Å²) in [5, 5.41) is 0. The van der Waals surface area contributed by atoms with Crippen molar-refractivity contribution >= 4 is 5.82 Å². The highest BCUT2D eigenvalue weighted by atomic mass is 15.0. The van der Waals surface area contributed by atoms with Crippen LogP contribution in [0, 0.1) is 17.8 Å². The Bertz CT molecular complexity index is 488. The number of nitrogens with two attached hydrogens (primary N) is 1. The van der Waals surface area contributed by atoms with Gasteiger partial charge in [0.15, 0.2) is 0 Å². The normalized spacial score (nSPS) is 38.4. The van der Waals surface area contributed by atoms with Crippen molar-refractivity contribution in [2.24, 2.45) is 17.8 Å². The third-order valence-electron chi connectivity index (χ3n) is 5.85. The second kappa shape index (κ2) is 4.44. The third kappa shape index (κ3) is 1.94. The Morgan fingerprint density at radius 3 is 2.25 bits per heavy atom. The molecule has 1 aromatic heterocycles. The molecule has 0 aliphatic heterocycles. The fraction of sp³-hybridized carbons (Fsp3) is 0.765. The average molecular weight is 271 g/mol. The number of aryl methyl sites for hydroxylation is 1. The van der Waals surface area contributed by atoms with Gasteiger partial charge in [-0.3, -0.25) is 0 Å². The first-order valence-corrected chi connectivity index (χ1v) is 8.31. The molecule has 4 saturated carbocycles. The zero-order chi connectivity index (χ0) is 13.7. The summed E-state index contributed by atoms with van der Waals surface area (Å²) < 4.78 is 0. The monoisotopic (exact) mass is 271 g/mol. The van der Waals surface area contributed by atoms with Crippen molar-refractivity contribution in [2.75, 3.05) is 5.73 Å². The van der Waals surface area contributed by atoms with Crippen LogP contribution in [0.15, 0.2) is 6.07 Å². The minimum atomic E-state index is 0.342. The number of hydrogen-bond acceptors (Lipinski definition) is 3. The summed E-state index contributed by atoms with van der Waals surface area (Å²) in [7, 11) is 0. The molecule has 0 amide bonds. The Hall–Kier alpha value is -1.12. The molecule has 0 saturated heterocycles. The van der Waals surface area contributed by atoms with Gasteiger partial charge in [0, 0.05) is 17.9 Å². The molecule has 3 heteroatoms. The number of hydrogen-bond donors (Lipinski definition) is 1. The van der Waals surface area contributed by atoms with Gasteiger partial charge in [0.2, 0.25) is 0 Å². The molecule has 4 fully saturated rings. The van der Waals surface area contributed by atoms with E-state index in [4.69, 9.17) is 10.7 Å². The minimum Gasteiger partial charge on any atom is -0.384 e.